The summed E-state index contributed by atoms with van der Waals surface area (Å²) in [5, 5.41) is 3.75. The van der Waals surface area contributed by atoms with Gasteiger partial charge in [-0.2, -0.15) is 0 Å². The molecule has 1 aromatic carbocycles. The topological polar surface area (TPSA) is 38.3 Å². The molecule has 1 aliphatic carbocycles. The fraction of sp³-hybridized carbons (Fsp3) is 0.357. The van der Waals surface area contributed by atoms with E-state index < -0.39 is 0 Å². The largest absolute Gasteiger partial charge is 0.365 e. The number of nitrogens with one attached hydrogen (secondary N) is 1. The Labute approximate surface area is 120 Å². The quantitative estimate of drug-likeness (QED) is 0.909. The van der Waals surface area contributed by atoms with Gasteiger partial charge in [-0.05, 0) is 42.5 Å². The molecule has 4 atom stereocenters. The minimum Gasteiger partial charge on any atom is -0.365 e. The summed E-state index contributed by atoms with van der Waals surface area (Å²) < 4.78 is 5.75. The highest BCUT2D eigenvalue weighted by molar-refractivity contribution is 6.42. The second kappa shape index (κ2) is 3.98. The summed E-state index contributed by atoms with van der Waals surface area (Å²) in [5.74, 6) is 1.12. The normalized spacial score (nSPS) is 33.9. The molecule has 3 nitrogen and oxygen atoms in total. The maximum Gasteiger partial charge on any atom is 0.254 e. The molecule has 0 spiro atoms. The fourth-order valence-corrected chi connectivity index (χ4v) is 3.35. The molecular weight excluding hydrogens is 285 g/mol. The number of carbonyl (C=O) groups is 1. The van der Waals surface area contributed by atoms with Crippen LogP contribution in [-0.2, 0) is 9.53 Å². The Morgan fingerprint density at radius 3 is 2.79 bits per heavy atom. The molecule has 2 aliphatic heterocycles. The van der Waals surface area contributed by atoms with Crippen LogP contribution in [0.4, 0.5) is 5.69 Å². The van der Waals surface area contributed by atoms with E-state index in [9.17, 15) is 4.79 Å². The van der Waals surface area contributed by atoms with E-state index in [1.165, 1.54) is 6.42 Å². The Hall–Kier alpha value is -1.03. The van der Waals surface area contributed by atoms with Crippen LogP contribution in [-0.4, -0.2) is 18.1 Å². The van der Waals surface area contributed by atoms with Crippen LogP contribution < -0.4 is 5.32 Å². The van der Waals surface area contributed by atoms with Gasteiger partial charge in [-0.1, -0.05) is 23.2 Å². The Balaban J connectivity index is 1.53. The molecule has 2 fully saturated rings. The maximum absolute atomic E-state index is 12.2. The lowest BCUT2D eigenvalue weighted by Crippen LogP contribution is -2.23. The van der Waals surface area contributed by atoms with Crippen molar-refractivity contribution < 1.29 is 9.53 Å². The molecule has 1 amide bonds. The predicted octanol–water partition coefficient (Wildman–Crippen LogP) is 3.28. The van der Waals surface area contributed by atoms with Gasteiger partial charge in [0.05, 0.1) is 22.3 Å². The summed E-state index contributed by atoms with van der Waals surface area (Å²) in [6.45, 7) is 0. The maximum atomic E-state index is 12.2. The van der Waals surface area contributed by atoms with Gasteiger partial charge in [0.2, 0.25) is 0 Å². The van der Waals surface area contributed by atoms with Crippen molar-refractivity contribution in [2.75, 3.05) is 5.32 Å². The molecule has 5 heteroatoms. The molecule has 0 unspecified atom stereocenters. The molecule has 98 valence electrons. The number of carbonyl (C=O) groups excluding carboxylic acids is 1. The summed E-state index contributed by atoms with van der Waals surface area (Å²) in [7, 11) is 0. The summed E-state index contributed by atoms with van der Waals surface area (Å²) in [6.07, 6.45) is 3.31. The van der Waals surface area contributed by atoms with Crippen molar-refractivity contribution >= 4 is 34.8 Å². The second-order valence-electron chi connectivity index (χ2n) is 5.29. The SMILES string of the molecule is O=C(Nc1ccc(Cl)c(Cl)c1)C1=C[C@H]2O[C@@H]1[C@@H]1C[C@@H]12. The zero-order chi connectivity index (χ0) is 13.1. The number of hydrogen-bond donors (Lipinski definition) is 1. The van der Waals surface area contributed by atoms with Gasteiger partial charge >= 0.3 is 0 Å². The van der Waals surface area contributed by atoms with Crippen LogP contribution in [0.2, 0.25) is 10.0 Å². The first-order chi connectivity index (χ1) is 9.13. The summed E-state index contributed by atoms with van der Waals surface area (Å²) in [6, 6.07) is 5.05. The minimum absolute atomic E-state index is 0.00206. The Kier molecular flexibility index (Phi) is 2.47. The van der Waals surface area contributed by atoms with E-state index in [1.807, 2.05) is 6.08 Å². The van der Waals surface area contributed by atoms with Crippen molar-refractivity contribution in [3.8, 4) is 0 Å². The average molecular weight is 296 g/mol. The third-order valence-electron chi connectivity index (χ3n) is 4.10. The number of amides is 1. The highest BCUT2D eigenvalue weighted by Gasteiger charge is 2.60. The number of fused-ring (bicyclic) bond motifs is 5. The van der Waals surface area contributed by atoms with Gasteiger partial charge in [-0.3, -0.25) is 4.79 Å². The summed E-state index contributed by atoms with van der Waals surface area (Å²) >= 11 is 11.8. The van der Waals surface area contributed by atoms with Crippen LogP contribution in [0.3, 0.4) is 0 Å². The standard InChI is InChI=1S/C14H11Cl2NO2/c15-10-2-1-6(3-11(10)16)17-14(18)9-5-12-7-4-8(7)13(9)19-12/h1-3,5,7-8,12-13H,4H2,(H,17,18)/t7-,8+,12+,13+/m0/s1. The lowest BCUT2D eigenvalue weighted by atomic mass is 9.99. The smallest absolute Gasteiger partial charge is 0.254 e. The summed E-state index contributed by atoms with van der Waals surface area (Å²) in [5.41, 5.74) is 1.41. The van der Waals surface area contributed by atoms with Gasteiger partial charge in [0, 0.05) is 11.3 Å². The van der Waals surface area contributed by atoms with Crippen molar-refractivity contribution in [3.05, 3.63) is 39.9 Å². The monoisotopic (exact) mass is 295 g/mol. The number of benzene rings is 1. The Morgan fingerprint density at radius 1 is 1.26 bits per heavy atom. The second-order valence-corrected chi connectivity index (χ2v) is 6.10. The van der Waals surface area contributed by atoms with Gasteiger partial charge in [0.15, 0.2) is 0 Å². The van der Waals surface area contributed by atoms with Crippen LogP contribution in [0.1, 0.15) is 6.42 Å². The molecule has 0 aromatic heterocycles. The molecule has 2 heterocycles. The molecule has 19 heavy (non-hydrogen) atoms. The van der Waals surface area contributed by atoms with Gasteiger partial charge < -0.3 is 10.1 Å². The average Bonchev–Trinajstić information content (AvgIpc) is 2.99. The van der Waals surface area contributed by atoms with Crippen molar-refractivity contribution in [2.45, 2.75) is 18.6 Å². The van der Waals surface area contributed by atoms with Crippen molar-refractivity contribution in [3.63, 3.8) is 0 Å². The van der Waals surface area contributed by atoms with E-state index in [1.54, 1.807) is 18.2 Å². The Bertz CT molecular complexity index is 613. The molecule has 1 saturated carbocycles. The fourth-order valence-electron chi connectivity index (χ4n) is 3.05. The van der Waals surface area contributed by atoms with E-state index in [0.29, 0.717) is 27.6 Å². The molecule has 3 aliphatic rings. The molecule has 2 bridgehead atoms. The Morgan fingerprint density at radius 2 is 2.11 bits per heavy atom. The van der Waals surface area contributed by atoms with Gasteiger partial charge in [0.1, 0.15) is 0 Å². The number of ether oxygens (including phenoxy) is 1. The first-order valence-electron chi connectivity index (χ1n) is 6.27. The first-order valence-corrected chi connectivity index (χ1v) is 7.02. The molecular formula is C14H11Cl2NO2. The number of halogens is 2. The van der Waals surface area contributed by atoms with Crippen LogP contribution >= 0.6 is 23.2 Å². The zero-order valence-electron chi connectivity index (χ0n) is 9.90. The number of anilines is 1. The van der Waals surface area contributed by atoms with Crippen LogP contribution in [0.25, 0.3) is 0 Å². The van der Waals surface area contributed by atoms with Crippen molar-refractivity contribution in [1.82, 2.24) is 0 Å². The van der Waals surface area contributed by atoms with Crippen LogP contribution in [0.5, 0.6) is 0 Å². The highest BCUT2D eigenvalue weighted by atomic mass is 35.5. The molecule has 1 aromatic rings. The van der Waals surface area contributed by atoms with Crippen molar-refractivity contribution in [1.29, 1.82) is 0 Å². The molecule has 1 N–H and O–H groups in total. The zero-order valence-corrected chi connectivity index (χ0v) is 11.4. The predicted molar refractivity (Wildman–Crippen MR) is 73.4 cm³/mol. The number of hydrogen-bond acceptors (Lipinski definition) is 2. The van der Waals surface area contributed by atoms with Gasteiger partial charge in [0.25, 0.3) is 5.91 Å². The molecule has 1 saturated heterocycles. The van der Waals surface area contributed by atoms with Crippen LogP contribution in [0, 0.1) is 11.8 Å². The highest BCUT2D eigenvalue weighted by Crippen LogP contribution is 2.58. The van der Waals surface area contributed by atoms with Gasteiger partial charge in [-0.15, -0.1) is 0 Å². The molecule has 0 radical (unpaired) electrons. The lowest BCUT2D eigenvalue weighted by molar-refractivity contribution is -0.113. The molecule has 4 rings (SSSR count). The third kappa shape index (κ3) is 1.80. The third-order valence-corrected chi connectivity index (χ3v) is 4.83. The van der Waals surface area contributed by atoms with Crippen LogP contribution in [0.15, 0.2) is 29.8 Å². The van der Waals surface area contributed by atoms with Crippen molar-refractivity contribution in [2.24, 2.45) is 11.8 Å². The van der Waals surface area contributed by atoms with E-state index in [-0.39, 0.29) is 18.1 Å². The first kappa shape index (κ1) is 11.8. The van der Waals surface area contributed by atoms with Gasteiger partial charge in [-0.25, -0.2) is 0 Å². The summed E-state index contributed by atoms with van der Waals surface area (Å²) in [4.78, 5) is 12.2. The number of rotatable bonds is 2. The van der Waals surface area contributed by atoms with E-state index >= 15 is 0 Å². The lowest BCUT2D eigenvalue weighted by Gasteiger charge is -2.12. The van der Waals surface area contributed by atoms with E-state index in [0.717, 1.165) is 5.57 Å². The minimum atomic E-state index is -0.101. The van der Waals surface area contributed by atoms with E-state index in [4.69, 9.17) is 27.9 Å². The van der Waals surface area contributed by atoms with E-state index in [2.05, 4.69) is 5.32 Å².